The van der Waals surface area contributed by atoms with Crippen molar-refractivity contribution < 1.29 is 0 Å². The minimum absolute atomic E-state index is 0.362. The fraction of sp³-hybridized carbons (Fsp3) is 0.333. The molecule has 0 fully saturated rings. The van der Waals surface area contributed by atoms with Gasteiger partial charge < -0.3 is 5.73 Å². The van der Waals surface area contributed by atoms with Crippen molar-refractivity contribution in [2.24, 2.45) is 5.73 Å². The van der Waals surface area contributed by atoms with Crippen LogP contribution in [0.5, 0.6) is 0 Å². The number of nitrogens with one attached hydrogen (secondary N) is 2. The molecule has 1 rings (SSSR count). The molecule has 4 N–H and O–H groups in total. The number of aromatic nitrogens is 3. The van der Waals surface area contributed by atoms with E-state index in [0.29, 0.717) is 12.2 Å². The third kappa shape index (κ3) is 1.69. The molecule has 0 aliphatic carbocycles. The average molecular weight is 152 g/mol. The fourth-order valence-corrected chi connectivity index (χ4v) is 0.682. The van der Waals surface area contributed by atoms with E-state index in [1.165, 1.54) is 0 Å². The first kappa shape index (κ1) is 7.57. The van der Waals surface area contributed by atoms with Gasteiger partial charge in [0.25, 0.3) is 0 Å². The first-order valence-corrected chi connectivity index (χ1v) is 3.07. The molecule has 0 radical (unpaired) electrons. The summed E-state index contributed by atoms with van der Waals surface area (Å²) < 4.78 is 0. The largest absolute Gasteiger partial charge is 0.340 e. The first-order chi connectivity index (χ1) is 5.24. The highest BCUT2D eigenvalue weighted by Gasteiger charge is 2.07. The molecule has 5 nitrogen and oxygen atoms in total. The van der Waals surface area contributed by atoms with Gasteiger partial charge in [0.2, 0.25) is 0 Å². The van der Waals surface area contributed by atoms with Gasteiger partial charge >= 0.3 is 5.69 Å². The van der Waals surface area contributed by atoms with E-state index in [1.807, 2.05) is 0 Å². The number of terminal acetylenes is 1. The summed E-state index contributed by atoms with van der Waals surface area (Å²) in [6, 6.07) is -0.390. The van der Waals surface area contributed by atoms with Crippen LogP contribution in [0.3, 0.4) is 0 Å². The van der Waals surface area contributed by atoms with Gasteiger partial charge in [-0.05, 0) is 0 Å². The maximum Gasteiger partial charge on any atom is 0.340 e. The second kappa shape index (κ2) is 3.03. The molecule has 0 aromatic carbocycles. The van der Waals surface area contributed by atoms with Crippen LogP contribution < -0.4 is 11.4 Å². The summed E-state index contributed by atoms with van der Waals surface area (Å²) in [5, 5.41) is 5.82. The number of nitrogens with zero attached hydrogens (tertiary/aromatic N) is 1. The molecule has 0 amide bonds. The Kier molecular flexibility index (Phi) is 2.09. The van der Waals surface area contributed by atoms with Gasteiger partial charge in [-0.15, -0.1) is 12.3 Å². The summed E-state index contributed by atoms with van der Waals surface area (Å²) in [4.78, 5) is 12.9. The lowest BCUT2D eigenvalue weighted by molar-refractivity contribution is 0.696. The van der Waals surface area contributed by atoms with Gasteiger partial charge in [-0.1, -0.05) is 0 Å². The quantitative estimate of drug-likeness (QED) is 0.481. The molecule has 11 heavy (non-hydrogen) atoms. The van der Waals surface area contributed by atoms with Crippen molar-refractivity contribution in [2.75, 3.05) is 0 Å². The van der Waals surface area contributed by atoms with Crippen molar-refractivity contribution in [3.05, 3.63) is 16.3 Å². The molecule has 58 valence electrons. The zero-order valence-electron chi connectivity index (χ0n) is 5.79. The highest BCUT2D eigenvalue weighted by Crippen LogP contribution is 2.03. The number of aromatic amines is 2. The van der Waals surface area contributed by atoms with Crippen LogP contribution in [0.15, 0.2) is 4.79 Å². The van der Waals surface area contributed by atoms with Crippen LogP contribution in [-0.2, 0) is 0 Å². The fourth-order valence-electron chi connectivity index (χ4n) is 0.682. The number of rotatable bonds is 2. The molecule has 0 saturated carbocycles. The van der Waals surface area contributed by atoms with E-state index in [2.05, 4.69) is 21.1 Å². The van der Waals surface area contributed by atoms with E-state index in [4.69, 9.17) is 12.2 Å². The molecule has 0 aliphatic rings. The van der Waals surface area contributed by atoms with Crippen LogP contribution in [0.25, 0.3) is 0 Å². The summed E-state index contributed by atoms with van der Waals surface area (Å²) in [5.41, 5.74) is 5.16. The molecular formula is C6H8N4O. The lowest BCUT2D eigenvalue weighted by atomic mass is 10.2. The van der Waals surface area contributed by atoms with Crippen LogP contribution in [0.1, 0.15) is 18.3 Å². The van der Waals surface area contributed by atoms with E-state index < -0.39 is 0 Å². The zero-order chi connectivity index (χ0) is 8.27. The number of nitrogens with two attached hydrogens (primary N) is 1. The van der Waals surface area contributed by atoms with Crippen LogP contribution >= 0.6 is 0 Å². The Morgan fingerprint density at radius 3 is 3.00 bits per heavy atom. The minimum Gasteiger partial charge on any atom is -0.321 e. The van der Waals surface area contributed by atoms with Crippen molar-refractivity contribution in [2.45, 2.75) is 12.5 Å². The van der Waals surface area contributed by atoms with E-state index >= 15 is 0 Å². The standard InChI is InChI=1S/C6H8N4O/c1-2-3-4(7)5-8-6(11)10-9-5/h1,4H,3,7H2,(H2,8,9,10,11)/t4-/m0/s1. The maximum atomic E-state index is 10.5. The Labute approximate surface area is 63.0 Å². The van der Waals surface area contributed by atoms with Gasteiger partial charge in [0.05, 0.1) is 6.04 Å². The molecule has 0 saturated heterocycles. The van der Waals surface area contributed by atoms with Crippen LogP contribution in [-0.4, -0.2) is 15.2 Å². The summed E-state index contributed by atoms with van der Waals surface area (Å²) in [6.45, 7) is 0. The van der Waals surface area contributed by atoms with E-state index in [1.54, 1.807) is 0 Å². The maximum absolute atomic E-state index is 10.5. The zero-order valence-corrected chi connectivity index (χ0v) is 5.79. The topological polar surface area (TPSA) is 87.6 Å². The van der Waals surface area contributed by atoms with Crippen LogP contribution in [0.2, 0.25) is 0 Å². The van der Waals surface area contributed by atoms with Crippen molar-refractivity contribution in [1.82, 2.24) is 15.2 Å². The summed E-state index contributed by atoms with van der Waals surface area (Å²) in [6.07, 6.45) is 5.38. The summed E-state index contributed by atoms with van der Waals surface area (Å²) >= 11 is 0. The van der Waals surface area contributed by atoms with Gasteiger partial charge in [-0.2, -0.15) is 5.10 Å². The van der Waals surface area contributed by atoms with Crippen LogP contribution in [0, 0.1) is 12.3 Å². The summed E-state index contributed by atoms with van der Waals surface area (Å²) in [5.74, 6) is 2.77. The van der Waals surface area contributed by atoms with Crippen molar-refractivity contribution in [3.8, 4) is 12.3 Å². The van der Waals surface area contributed by atoms with Gasteiger partial charge in [-0.25, -0.2) is 9.89 Å². The first-order valence-electron chi connectivity index (χ1n) is 3.07. The van der Waals surface area contributed by atoms with Crippen molar-refractivity contribution in [3.63, 3.8) is 0 Å². The Bertz CT molecular complexity index is 318. The molecule has 1 atom stereocenters. The highest BCUT2D eigenvalue weighted by atomic mass is 16.1. The monoisotopic (exact) mass is 152 g/mol. The minimum atomic E-state index is -0.390. The van der Waals surface area contributed by atoms with Crippen LogP contribution in [0.4, 0.5) is 0 Å². The number of H-pyrrole nitrogens is 2. The van der Waals surface area contributed by atoms with Gasteiger partial charge in [0.1, 0.15) is 5.82 Å². The smallest absolute Gasteiger partial charge is 0.321 e. The SMILES string of the molecule is C#CC[C@H](N)c1n[nH]c(=O)[nH]1. The highest BCUT2D eigenvalue weighted by molar-refractivity contribution is 4.97. The van der Waals surface area contributed by atoms with Gasteiger partial charge in [0, 0.05) is 6.42 Å². The van der Waals surface area contributed by atoms with E-state index in [-0.39, 0.29) is 11.7 Å². The molecular weight excluding hydrogens is 144 g/mol. The second-order valence-electron chi connectivity index (χ2n) is 2.08. The Morgan fingerprint density at radius 1 is 1.82 bits per heavy atom. The molecule has 1 aromatic rings. The van der Waals surface area contributed by atoms with Crippen molar-refractivity contribution in [1.29, 1.82) is 0 Å². The predicted octanol–water partition coefficient (Wildman–Crippen LogP) is -0.879. The lowest BCUT2D eigenvalue weighted by Gasteiger charge is -2.00. The molecule has 0 aliphatic heterocycles. The molecule has 0 spiro atoms. The third-order valence-corrected chi connectivity index (χ3v) is 1.21. The average Bonchev–Trinajstić information content (AvgIpc) is 2.36. The Hall–Kier alpha value is -1.54. The molecule has 1 aromatic heterocycles. The van der Waals surface area contributed by atoms with Crippen molar-refractivity contribution >= 4 is 0 Å². The Balaban J connectivity index is 2.78. The van der Waals surface area contributed by atoms with E-state index in [0.717, 1.165) is 0 Å². The van der Waals surface area contributed by atoms with Gasteiger partial charge in [-0.3, -0.25) is 4.98 Å². The second-order valence-corrected chi connectivity index (χ2v) is 2.08. The molecule has 0 bridgehead atoms. The number of hydrogen-bond donors (Lipinski definition) is 3. The predicted molar refractivity (Wildman–Crippen MR) is 39.6 cm³/mol. The van der Waals surface area contributed by atoms with E-state index in [9.17, 15) is 4.79 Å². The molecule has 0 unspecified atom stereocenters. The summed E-state index contributed by atoms with van der Waals surface area (Å²) in [7, 11) is 0. The Morgan fingerprint density at radius 2 is 2.55 bits per heavy atom. The third-order valence-electron chi connectivity index (χ3n) is 1.21. The normalized spacial score (nSPS) is 12.4. The number of hydrogen-bond acceptors (Lipinski definition) is 3. The molecule has 1 heterocycles. The molecule has 5 heteroatoms. The van der Waals surface area contributed by atoms with Gasteiger partial charge in [0.15, 0.2) is 0 Å². The lowest BCUT2D eigenvalue weighted by Crippen LogP contribution is -2.12.